The van der Waals surface area contributed by atoms with Gasteiger partial charge in [-0.05, 0) is 116 Å². The van der Waals surface area contributed by atoms with Crippen molar-refractivity contribution in [1.82, 2.24) is 9.88 Å². The minimum Gasteiger partial charge on any atom is -0.354 e. The third-order valence-electron chi connectivity index (χ3n) is 9.18. The van der Waals surface area contributed by atoms with Crippen molar-refractivity contribution in [3.63, 3.8) is 0 Å². The SMILES string of the molecule is C=C(Nc1cccc(-c2cccc(C3=Nc4cc(CN5CCCC5)cc(C#N)c4C3)c2C)c1C)c1ncc(CC)cc1/C=C\C. The molecule has 0 radical (unpaired) electrons. The van der Waals surface area contributed by atoms with Crippen LogP contribution in [0.25, 0.3) is 22.9 Å². The van der Waals surface area contributed by atoms with Gasteiger partial charge in [-0.15, -0.1) is 0 Å². The quantitative estimate of drug-likeness (QED) is 0.211. The molecule has 3 heterocycles. The Morgan fingerprint density at radius 2 is 1.73 bits per heavy atom. The van der Waals surface area contributed by atoms with Crippen LogP contribution in [0.4, 0.5) is 11.4 Å². The van der Waals surface area contributed by atoms with E-state index in [0.717, 1.165) is 87.9 Å². The van der Waals surface area contributed by atoms with Crippen LogP contribution in [0.5, 0.6) is 0 Å². The number of aromatic nitrogens is 1. The Morgan fingerprint density at radius 1 is 1.00 bits per heavy atom. The number of pyridine rings is 1. The Hall–Kier alpha value is -4.79. The van der Waals surface area contributed by atoms with Gasteiger partial charge in [0.1, 0.15) is 0 Å². The van der Waals surface area contributed by atoms with Crippen molar-refractivity contribution in [2.24, 2.45) is 4.99 Å². The molecule has 0 unspecified atom stereocenters. The molecular weight excluding hydrogens is 550 g/mol. The average molecular weight is 592 g/mol. The summed E-state index contributed by atoms with van der Waals surface area (Å²) >= 11 is 0. The Bertz CT molecular complexity index is 1880. The predicted octanol–water partition coefficient (Wildman–Crippen LogP) is 9.19. The standard InChI is InChI=1S/C40H41N5/c1-6-12-31-19-29(7-2)24-42-40(31)28(5)43-37-16-11-14-34(27(37)4)33-13-10-15-35(26(33)3)39-22-36-32(23-41)20-30(21-38(36)44-39)25-45-17-8-9-18-45/h6,10-16,19-21,24,43H,5,7-9,17-18,22,25H2,1-4H3/b12-6-. The number of rotatable bonds is 9. The third kappa shape index (κ3) is 6.12. The summed E-state index contributed by atoms with van der Waals surface area (Å²) in [6.45, 7) is 16.0. The van der Waals surface area contributed by atoms with E-state index in [1.165, 1.54) is 35.1 Å². The number of allylic oxidation sites excluding steroid dienone is 1. The van der Waals surface area contributed by atoms with Gasteiger partial charge in [-0.3, -0.25) is 14.9 Å². The fourth-order valence-electron chi connectivity index (χ4n) is 6.70. The van der Waals surface area contributed by atoms with Gasteiger partial charge < -0.3 is 5.32 Å². The van der Waals surface area contributed by atoms with Crippen molar-refractivity contribution >= 4 is 28.9 Å². The molecule has 4 aromatic rings. The molecule has 0 amide bonds. The molecule has 0 bridgehead atoms. The average Bonchev–Trinajstić information content (AvgIpc) is 3.72. The number of benzene rings is 3. The van der Waals surface area contributed by atoms with Crippen molar-refractivity contribution in [2.75, 3.05) is 18.4 Å². The maximum absolute atomic E-state index is 10.0. The van der Waals surface area contributed by atoms with Crippen LogP contribution in [0.15, 0.2) is 78.4 Å². The van der Waals surface area contributed by atoms with Crippen LogP contribution in [0.3, 0.4) is 0 Å². The smallest absolute Gasteiger partial charge is 0.0995 e. The molecular formula is C40H41N5. The fourth-order valence-corrected chi connectivity index (χ4v) is 6.70. The lowest BCUT2D eigenvalue weighted by molar-refractivity contribution is 0.331. The summed E-state index contributed by atoms with van der Waals surface area (Å²) in [7, 11) is 0. The first-order valence-electron chi connectivity index (χ1n) is 16.0. The summed E-state index contributed by atoms with van der Waals surface area (Å²) in [5, 5.41) is 13.6. The Labute approximate surface area is 267 Å². The number of anilines is 1. The maximum Gasteiger partial charge on any atom is 0.0995 e. The predicted molar refractivity (Wildman–Crippen MR) is 188 cm³/mol. The van der Waals surface area contributed by atoms with E-state index in [1.54, 1.807) is 0 Å². The molecule has 0 saturated carbocycles. The summed E-state index contributed by atoms with van der Waals surface area (Å²) in [5.74, 6) is 0. The van der Waals surface area contributed by atoms with Gasteiger partial charge in [-0.2, -0.15) is 5.26 Å². The van der Waals surface area contributed by atoms with Gasteiger partial charge in [0.2, 0.25) is 0 Å². The summed E-state index contributed by atoms with van der Waals surface area (Å²) in [5.41, 5.74) is 15.6. The number of aliphatic imine (C=N–C) groups is 1. The van der Waals surface area contributed by atoms with Crippen molar-refractivity contribution in [3.8, 4) is 17.2 Å². The van der Waals surface area contributed by atoms with Gasteiger partial charge in [0.15, 0.2) is 0 Å². The molecule has 0 atom stereocenters. The fraction of sp³-hybridized carbons (Fsp3) is 0.275. The van der Waals surface area contributed by atoms with Crippen LogP contribution in [0.1, 0.15) is 76.9 Å². The molecule has 1 fully saturated rings. The molecule has 226 valence electrons. The van der Waals surface area contributed by atoms with Crippen LogP contribution < -0.4 is 5.32 Å². The van der Waals surface area contributed by atoms with Gasteiger partial charge in [0.05, 0.1) is 34.4 Å². The van der Waals surface area contributed by atoms with E-state index in [-0.39, 0.29) is 0 Å². The number of likely N-dealkylation sites (tertiary alicyclic amines) is 1. The van der Waals surface area contributed by atoms with Gasteiger partial charge >= 0.3 is 0 Å². The molecule has 3 aromatic carbocycles. The van der Waals surface area contributed by atoms with E-state index in [1.807, 2.05) is 19.2 Å². The second-order valence-corrected chi connectivity index (χ2v) is 12.2. The first-order chi connectivity index (χ1) is 21.9. The van der Waals surface area contributed by atoms with Crippen LogP contribution in [-0.2, 0) is 19.4 Å². The Morgan fingerprint density at radius 3 is 2.47 bits per heavy atom. The minimum absolute atomic E-state index is 0.672. The lowest BCUT2D eigenvalue weighted by Crippen LogP contribution is -2.18. The van der Waals surface area contributed by atoms with Crippen molar-refractivity contribution < 1.29 is 0 Å². The number of nitrogens with one attached hydrogen (secondary N) is 1. The van der Waals surface area contributed by atoms with E-state index in [0.29, 0.717) is 6.42 Å². The van der Waals surface area contributed by atoms with Crippen LogP contribution in [-0.4, -0.2) is 28.7 Å². The minimum atomic E-state index is 0.672. The first-order valence-corrected chi connectivity index (χ1v) is 16.0. The van der Waals surface area contributed by atoms with Crippen LogP contribution in [0, 0.1) is 25.2 Å². The molecule has 5 heteroatoms. The molecule has 2 aliphatic heterocycles. The molecule has 1 N–H and O–H groups in total. The lowest BCUT2D eigenvalue weighted by Gasteiger charge is -2.18. The molecule has 6 rings (SSSR count). The summed E-state index contributed by atoms with van der Waals surface area (Å²) in [4.78, 5) is 12.3. The highest BCUT2D eigenvalue weighted by atomic mass is 15.1. The highest BCUT2D eigenvalue weighted by Gasteiger charge is 2.24. The van der Waals surface area contributed by atoms with Crippen molar-refractivity contribution in [2.45, 2.75) is 59.9 Å². The topological polar surface area (TPSA) is 64.3 Å². The van der Waals surface area contributed by atoms with Crippen molar-refractivity contribution in [1.29, 1.82) is 5.26 Å². The summed E-state index contributed by atoms with van der Waals surface area (Å²) in [6.07, 6.45) is 10.2. The summed E-state index contributed by atoms with van der Waals surface area (Å²) < 4.78 is 0. The van der Waals surface area contributed by atoms with E-state index in [2.05, 4.69) is 104 Å². The van der Waals surface area contributed by atoms with E-state index >= 15 is 0 Å². The van der Waals surface area contributed by atoms with Gasteiger partial charge in [0, 0.05) is 36.0 Å². The highest BCUT2D eigenvalue weighted by molar-refractivity contribution is 6.09. The molecule has 1 aromatic heterocycles. The highest BCUT2D eigenvalue weighted by Crippen LogP contribution is 2.37. The molecule has 2 aliphatic rings. The van der Waals surface area contributed by atoms with Gasteiger partial charge in [0.25, 0.3) is 0 Å². The number of aryl methyl sites for hydroxylation is 1. The molecule has 45 heavy (non-hydrogen) atoms. The maximum atomic E-state index is 10.0. The normalized spacial score (nSPS) is 14.4. The lowest BCUT2D eigenvalue weighted by atomic mass is 9.90. The number of hydrogen-bond acceptors (Lipinski definition) is 5. The molecule has 5 nitrogen and oxygen atoms in total. The summed E-state index contributed by atoms with van der Waals surface area (Å²) in [6, 6.07) is 21.7. The number of nitrogens with zero attached hydrogens (tertiary/aromatic N) is 4. The Balaban J connectivity index is 1.29. The molecule has 0 spiro atoms. The second kappa shape index (κ2) is 13.1. The first kappa shape index (κ1) is 30.2. The number of hydrogen-bond donors (Lipinski definition) is 1. The molecule has 1 saturated heterocycles. The van der Waals surface area contributed by atoms with Gasteiger partial charge in [-0.1, -0.05) is 56.0 Å². The largest absolute Gasteiger partial charge is 0.354 e. The van der Waals surface area contributed by atoms with E-state index in [4.69, 9.17) is 9.98 Å². The zero-order valence-corrected chi connectivity index (χ0v) is 26.9. The number of nitriles is 1. The molecule has 0 aliphatic carbocycles. The van der Waals surface area contributed by atoms with Crippen molar-refractivity contribution in [3.05, 3.63) is 124 Å². The number of fused-ring (bicyclic) bond motifs is 1. The van der Waals surface area contributed by atoms with Crippen LogP contribution >= 0.6 is 0 Å². The zero-order chi connectivity index (χ0) is 31.5. The zero-order valence-electron chi connectivity index (χ0n) is 26.9. The Kier molecular flexibility index (Phi) is 8.78. The van der Waals surface area contributed by atoms with E-state index < -0.39 is 0 Å². The van der Waals surface area contributed by atoms with Gasteiger partial charge in [-0.25, -0.2) is 0 Å². The third-order valence-corrected chi connectivity index (χ3v) is 9.18. The van der Waals surface area contributed by atoms with Crippen LogP contribution in [0.2, 0.25) is 0 Å². The second-order valence-electron chi connectivity index (χ2n) is 12.2. The monoisotopic (exact) mass is 591 g/mol. The van der Waals surface area contributed by atoms with E-state index in [9.17, 15) is 5.26 Å².